The van der Waals surface area contributed by atoms with Crippen molar-refractivity contribution in [3.05, 3.63) is 48.0 Å². The molecule has 1 unspecified atom stereocenters. The van der Waals surface area contributed by atoms with Gasteiger partial charge in [0.2, 0.25) is 0 Å². The quantitative estimate of drug-likeness (QED) is 0.713. The Balaban J connectivity index is 1.77. The predicted molar refractivity (Wildman–Crippen MR) is 93.4 cm³/mol. The van der Waals surface area contributed by atoms with Crippen LogP contribution >= 0.6 is 0 Å². The molecule has 2 aromatic rings. The Morgan fingerprint density at radius 2 is 1.58 bits per heavy atom. The second-order valence-corrected chi connectivity index (χ2v) is 6.28. The van der Waals surface area contributed by atoms with Crippen LogP contribution in [0.5, 0.6) is 0 Å². The molecule has 0 spiro atoms. The van der Waals surface area contributed by atoms with E-state index in [1.165, 1.54) is 0 Å². The van der Waals surface area contributed by atoms with Crippen LogP contribution in [0.25, 0.3) is 10.8 Å². The van der Waals surface area contributed by atoms with E-state index in [1.54, 1.807) is 0 Å². The molecule has 0 aliphatic rings. The van der Waals surface area contributed by atoms with Gasteiger partial charge in [-0.3, -0.25) is 9.59 Å². The smallest absolute Gasteiger partial charge is 0.306 e. The molecule has 4 nitrogen and oxygen atoms in total. The minimum absolute atomic E-state index is 0.0389. The Morgan fingerprint density at radius 1 is 0.917 bits per heavy atom. The Kier molecular flexibility index (Phi) is 6.36. The van der Waals surface area contributed by atoms with Crippen LogP contribution in [0.2, 0.25) is 0 Å². The maximum atomic E-state index is 11.8. The van der Waals surface area contributed by atoms with Crippen LogP contribution in [0.3, 0.4) is 0 Å². The van der Waals surface area contributed by atoms with Gasteiger partial charge < -0.3 is 9.47 Å². The fourth-order valence-electron chi connectivity index (χ4n) is 2.17. The minimum Gasteiger partial charge on any atom is -0.462 e. The largest absolute Gasteiger partial charge is 0.462 e. The third kappa shape index (κ3) is 5.37. The van der Waals surface area contributed by atoms with E-state index in [0.29, 0.717) is 0 Å². The normalized spacial score (nSPS) is 12.2. The molecule has 128 valence electrons. The fraction of sp³-hybridized carbons (Fsp3) is 0.400. The molecule has 0 aliphatic carbocycles. The van der Waals surface area contributed by atoms with Crippen LogP contribution in [0.1, 0.15) is 39.2 Å². The van der Waals surface area contributed by atoms with Gasteiger partial charge in [0.25, 0.3) is 0 Å². The van der Waals surface area contributed by atoms with E-state index in [4.69, 9.17) is 9.47 Å². The van der Waals surface area contributed by atoms with Crippen LogP contribution in [0.15, 0.2) is 42.5 Å². The summed E-state index contributed by atoms with van der Waals surface area (Å²) in [7, 11) is 0. The number of benzene rings is 2. The zero-order valence-corrected chi connectivity index (χ0v) is 14.5. The van der Waals surface area contributed by atoms with E-state index < -0.39 is 5.97 Å². The molecule has 0 aromatic heterocycles. The summed E-state index contributed by atoms with van der Waals surface area (Å²) in [6.07, 6.45) is -0.0590. The van der Waals surface area contributed by atoms with E-state index in [-0.39, 0.29) is 37.4 Å². The molecule has 2 aromatic carbocycles. The number of rotatable bonds is 7. The van der Waals surface area contributed by atoms with Crippen LogP contribution in [0, 0.1) is 5.92 Å². The molecular weight excluding hydrogens is 304 g/mol. The molecule has 24 heavy (non-hydrogen) atoms. The van der Waals surface area contributed by atoms with Crippen molar-refractivity contribution in [3.63, 3.8) is 0 Å². The van der Waals surface area contributed by atoms with Crippen molar-refractivity contribution in [3.8, 4) is 0 Å². The number of esters is 2. The van der Waals surface area contributed by atoms with Crippen molar-refractivity contribution in [2.24, 2.45) is 5.92 Å². The highest BCUT2D eigenvalue weighted by Gasteiger charge is 2.14. The summed E-state index contributed by atoms with van der Waals surface area (Å²) in [5.74, 6) is -0.495. The summed E-state index contributed by atoms with van der Waals surface area (Å²) < 4.78 is 10.5. The van der Waals surface area contributed by atoms with Crippen molar-refractivity contribution in [1.82, 2.24) is 0 Å². The van der Waals surface area contributed by atoms with Crippen LogP contribution < -0.4 is 0 Å². The highest BCUT2D eigenvalue weighted by Crippen LogP contribution is 2.16. The molecule has 1 atom stereocenters. The van der Waals surface area contributed by atoms with Gasteiger partial charge >= 0.3 is 11.9 Å². The second kappa shape index (κ2) is 8.48. The summed E-state index contributed by atoms with van der Waals surface area (Å²) in [4.78, 5) is 23.4. The van der Waals surface area contributed by atoms with Gasteiger partial charge in [0, 0.05) is 0 Å². The van der Waals surface area contributed by atoms with Crippen LogP contribution in [-0.2, 0) is 25.7 Å². The van der Waals surface area contributed by atoms with E-state index in [1.807, 2.05) is 63.2 Å². The van der Waals surface area contributed by atoms with Crippen molar-refractivity contribution >= 4 is 22.7 Å². The molecule has 0 saturated carbocycles. The molecule has 0 bridgehead atoms. The van der Waals surface area contributed by atoms with Gasteiger partial charge in [-0.2, -0.15) is 0 Å². The van der Waals surface area contributed by atoms with Crippen molar-refractivity contribution < 1.29 is 19.1 Å². The molecule has 0 fully saturated rings. The monoisotopic (exact) mass is 328 g/mol. The zero-order valence-electron chi connectivity index (χ0n) is 14.5. The first-order valence-electron chi connectivity index (χ1n) is 8.28. The van der Waals surface area contributed by atoms with E-state index in [0.717, 1.165) is 16.3 Å². The second-order valence-electron chi connectivity index (χ2n) is 6.28. The van der Waals surface area contributed by atoms with Gasteiger partial charge in [-0.1, -0.05) is 50.2 Å². The number of carbonyl (C=O) groups excluding carboxylic acids is 2. The first-order valence-corrected chi connectivity index (χ1v) is 8.28. The molecule has 0 saturated heterocycles. The summed E-state index contributed by atoms with van der Waals surface area (Å²) in [5, 5.41) is 2.26. The molecule has 0 radical (unpaired) electrons. The molecule has 2 rings (SSSR count). The zero-order chi connectivity index (χ0) is 17.5. The average molecular weight is 328 g/mol. The molecule has 4 heteroatoms. The number of fused-ring (bicyclic) bond motifs is 1. The highest BCUT2D eigenvalue weighted by atomic mass is 16.5. The summed E-state index contributed by atoms with van der Waals surface area (Å²) >= 11 is 0. The van der Waals surface area contributed by atoms with Crippen LogP contribution in [-0.4, -0.2) is 18.0 Å². The maximum absolute atomic E-state index is 11.8. The lowest BCUT2D eigenvalue weighted by Gasteiger charge is -2.16. The lowest BCUT2D eigenvalue weighted by Crippen LogP contribution is -2.20. The highest BCUT2D eigenvalue weighted by molar-refractivity contribution is 5.83. The minimum atomic E-state index is -0.391. The van der Waals surface area contributed by atoms with Gasteiger partial charge in [0.1, 0.15) is 12.7 Å². The Morgan fingerprint density at radius 3 is 2.29 bits per heavy atom. The average Bonchev–Trinajstić information content (AvgIpc) is 2.57. The molecular formula is C20H24O4. The first-order chi connectivity index (χ1) is 11.5. The van der Waals surface area contributed by atoms with Crippen molar-refractivity contribution in [2.45, 2.75) is 46.3 Å². The number of carbonyl (C=O) groups is 2. The van der Waals surface area contributed by atoms with Crippen molar-refractivity contribution in [1.29, 1.82) is 0 Å². The molecule has 0 aliphatic heterocycles. The lowest BCUT2D eigenvalue weighted by molar-refractivity contribution is -0.154. The third-order valence-corrected chi connectivity index (χ3v) is 4.00. The van der Waals surface area contributed by atoms with Crippen molar-refractivity contribution in [2.75, 3.05) is 0 Å². The predicted octanol–water partition coefficient (Wildman–Crippen LogP) is 4.25. The van der Waals surface area contributed by atoms with Gasteiger partial charge in [-0.25, -0.2) is 0 Å². The van der Waals surface area contributed by atoms with E-state index in [2.05, 4.69) is 0 Å². The summed E-state index contributed by atoms with van der Waals surface area (Å²) in [6.45, 7) is 6.02. The van der Waals surface area contributed by atoms with Gasteiger partial charge in [-0.15, -0.1) is 0 Å². The molecule has 0 N–H and O–H groups in total. The van der Waals surface area contributed by atoms with E-state index >= 15 is 0 Å². The number of hydrogen-bond acceptors (Lipinski definition) is 4. The van der Waals surface area contributed by atoms with Gasteiger partial charge in [0.05, 0.1) is 12.8 Å². The number of hydrogen-bond donors (Lipinski definition) is 0. The van der Waals surface area contributed by atoms with E-state index in [9.17, 15) is 9.59 Å². The lowest BCUT2D eigenvalue weighted by atomic mass is 10.1. The Bertz CT molecular complexity index is 706. The summed E-state index contributed by atoms with van der Waals surface area (Å²) in [6, 6.07) is 14.0. The number of ether oxygens (including phenoxy) is 2. The molecule has 0 amide bonds. The molecule has 0 heterocycles. The standard InChI is InChI=1S/C20H24O4/c1-14(2)15(3)24-20(22)11-10-19(21)23-13-16-8-9-17-6-4-5-7-18(17)12-16/h4-9,12,14-15H,10-11,13H2,1-3H3. The fourth-order valence-corrected chi connectivity index (χ4v) is 2.17. The third-order valence-electron chi connectivity index (χ3n) is 4.00. The maximum Gasteiger partial charge on any atom is 0.306 e. The Labute approximate surface area is 142 Å². The summed E-state index contributed by atoms with van der Waals surface area (Å²) in [5.41, 5.74) is 0.929. The Hall–Kier alpha value is -2.36. The topological polar surface area (TPSA) is 52.6 Å². The SMILES string of the molecule is CC(C)C(C)OC(=O)CCC(=O)OCc1ccc2ccccc2c1. The van der Waals surface area contributed by atoms with Crippen LogP contribution in [0.4, 0.5) is 0 Å². The van der Waals surface area contributed by atoms with Gasteiger partial charge in [-0.05, 0) is 35.2 Å². The first kappa shape index (κ1) is 18.0. The van der Waals surface area contributed by atoms with Gasteiger partial charge in [0.15, 0.2) is 0 Å².